The van der Waals surface area contributed by atoms with Crippen LogP contribution >= 0.6 is 0 Å². The zero-order valence-corrected chi connectivity index (χ0v) is 10.8. The topological polar surface area (TPSA) is 44.5 Å². The first kappa shape index (κ1) is 11.8. The van der Waals surface area contributed by atoms with Gasteiger partial charge in [-0.1, -0.05) is 0 Å². The van der Waals surface area contributed by atoms with Crippen LogP contribution in [-0.2, 0) is 11.2 Å². The van der Waals surface area contributed by atoms with E-state index >= 15 is 0 Å². The van der Waals surface area contributed by atoms with Gasteiger partial charge in [0.2, 0.25) is 6.79 Å². The highest BCUT2D eigenvalue weighted by molar-refractivity contribution is 5.55. The lowest BCUT2D eigenvalue weighted by Gasteiger charge is -2.39. The van der Waals surface area contributed by atoms with Crippen molar-refractivity contribution in [1.29, 1.82) is 0 Å². The summed E-state index contributed by atoms with van der Waals surface area (Å²) in [6.07, 6.45) is 2.94. The summed E-state index contributed by atoms with van der Waals surface area (Å²) in [4.78, 5) is 0. The summed E-state index contributed by atoms with van der Waals surface area (Å²) in [6, 6.07) is 3.56. The van der Waals surface area contributed by atoms with Gasteiger partial charge in [0.05, 0.1) is 0 Å². The van der Waals surface area contributed by atoms with Crippen LogP contribution in [0.3, 0.4) is 0 Å². The van der Waals surface area contributed by atoms with E-state index in [-0.39, 0.29) is 12.3 Å². The lowest BCUT2D eigenvalue weighted by molar-refractivity contribution is 0.168. The fraction of sp³-hybridized carbons (Fsp3) is 0.571. The number of alkyl halides is 1. The number of benzene rings is 1. The van der Waals surface area contributed by atoms with Crippen LogP contribution in [0.1, 0.15) is 44.2 Å². The Hall–Kier alpha value is -1.29. The second kappa shape index (κ2) is 3.60. The molecular formula is C14H18FNO2. The molecule has 0 saturated heterocycles. The van der Waals surface area contributed by atoms with Gasteiger partial charge in [-0.25, -0.2) is 4.39 Å². The Kier molecular flexibility index (Phi) is 2.36. The van der Waals surface area contributed by atoms with Crippen molar-refractivity contribution in [1.82, 2.24) is 0 Å². The summed E-state index contributed by atoms with van der Waals surface area (Å²) in [5.74, 6) is 1.31. The lowest BCUT2D eigenvalue weighted by atomic mass is 9.71. The molecule has 0 radical (unpaired) electrons. The summed E-state index contributed by atoms with van der Waals surface area (Å²) in [6.45, 7) is 3.27. The molecule has 1 aliphatic carbocycles. The van der Waals surface area contributed by atoms with Crippen LogP contribution in [0.5, 0.6) is 11.5 Å². The average molecular weight is 251 g/mol. The quantitative estimate of drug-likeness (QED) is 0.878. The number of fused-ring (bicyclic) bond motifs is 1. The first-order chi connectivity index (χ1) is 8.40. The maximum atomic E-state index is 14.1. The van der Waals surface area contributed by atoms with Crippen molar-refractivity contribution < 1.29 is 13.9 Å². The van der Waals surface area contributed by atoms with Gasteiger partial charge >= 0.3 is 0 Å². The Labute approximate surface area is 106 Å². The van der Waals surface area contributed by atoms with Crippen LogP contribution in [0.25, 0.3) is 0 Å². The van der Waals surface area contributed by atoms with Gasteiger partial charge in [0, 0.05) is 11.1 Å². The number of halogens is 1. The molecule has 1 aromatic carbocycles. The normalized spacial score (nSPS) is 20.7. The highest BCUT2D eigenvalue weighted by atomic mass is 19.1. The van der Waals surface area contributed by atoms with Gasteiger partial charge in [0.25, 0.3) is 0 Å². The minimum absolute atomic E-state index is 0.189. The van der Waals surface area contributed by atoms with Crippen LogP contribution in [0.2, 0.25) is 0 Å². The van der Waals surface area contributed by atoms with Gasteiger partial charge in [-0.3, -0.25) is 0 Å². The summed E-state index contributed by atoms with van der Waals surface area (Å²) in [7, 11) is 0. The Morgan fingerprint density at radius 3 is 2.56 bits per heavy atom. The first-order valence-corrected chi connectivity index (χ1v) is 6.33. The van der Waals surface area contributed by atoms with E-state index in [0.29, 0.717) is 17.1 Å². The second-order valence-corrected chi connectivity index (χ2v) is 5.74. The third-order valence-corrected chi connectivity index (χ3v) is 3.94. The SMILES string of the molecule is CC(C)(F)c1cc2c(c(C3(N)CCC3)c1)OCO2. The number of hydrogen-bond acceptors (Lipinski definition) is 3. The van der Waals surface area contributed by atoms with E-state index in [1.54, 1.807) is 6.07 Å². The molecule has 0 unspecified atom stereocenters. The molecule has 0 bridgehead atoms. The van der Waals surface area contributed by atoms with E-state index < -0.39 is 5.67 Å². The van der Waals surface area contributed by atoms with Crippen molar-refractivity contribution in [2.75, 3.05) is 6.79 Å². The van der Waals surface area contributed by atoms with E-state index in [4.69, 9.17) is 15.2 Å². The van der Waals surface area contributed by atoms with Crippen molar-refractivity contribution in [3.63, 3.8) is 0 Å². The van der Waals surface area contributed by atoms with E-state index in [9.17, 15) is 4.39 Å². The maximum Gasteiger partial charge on any atom is 0.231 e. The fourth-order valence-electron chi connectivity index (χ4n) is 2.55. The molecule has 3 nitrogen and oxygen atoms in total. The highest BCUT2D eigenvalue weighted by Gasteiger charge is 2.40. The number of nitrogens with two attached hydrogens (primary N) is 1. The van der Waals surface area contributed by atoms with Gasteiger partial charge in [0.15, 0.2) is 11.5 Å². The summed E-state index contributed by atoms with van der Waals surface area (Å²) < 4.78 is 25.0. The van der Waals surface area contributed by atoms with Gasteiger partial charge in [-0.15, -0.1) is 0 Å². The van der Waals surface area contributed by atoms with Crippen molar-refractivity contribution >= 4 is 0 Å². The van der Waals surface area contributed by atoms with Crippen LogP contribution in [0.4, 0.5) is 4.39 Å². The molecule has 1 aromatic rings. The molecule has 3 rings (SSSR count). The van der Waals surface area contributed by atoms with E-state index in [1.807, 2.05) is 6.07 Å². The van der Waals surface area contributed by atoms with E-state index in [2.05, 4.69) is 0 Å². The third-order valence-electron chi connectivity index (χ3n) is 3.94. The summed E-state index contributed by atoms with van der Waals surface area (Å²) >= 11 is 0. The smallest absolute Gasteiger partial charge is 0.231 e. The van der Waals surface area contributed by atoms with Crippen LogP contribution in [0.15, 0.2) is 12.1 Å². The molecule has 4 heteroatoms. The molecule has 1 heterocycles. The largest absolute Gasteiger partial charge is 0.454 e. The van der Waals surface area contributed by atoms with Crippen LogP contribution in [-0.4, -0.2) is 6.79 Å². The van der Waals surface area contributed by atoms with Gasteiger partial charge in [0.1, 0.15) is 5.67 Å². The predicted octanol–water partition coefficient (Wildman–Crippen LogP) is 2.96. The average Bonchev–Trinajstić information content (AvgIpc) is 2.71. The summed E-state index contributed by atoms with van der Waals surface area (Å²) in [5, 5.41) is 0. The highest BCUT2D eigenvalue weighted by Crippen LogP contribution is 2.49. The molecule has 0 aromatic heterocycles. The third kappa shape index (κ3) is 1.67. The Morgan fingerprint density at radius 2 is 2.00 bits per heavy atom. The standard InChI is InChI=1S/C14H18FNO2/c1-13(2,15)9-6-10(14(16)4-3-5-14)12-11(7-9)17-8-18-12/h6-7H,3-5,8,16H2,1-2H3. The van der Waals surface area contributed by atoms with Crippen molar-refractivity contribution in [2.24, 2.45) is 5.73 Å². The molecule has 0 spiro atoms. The van der Waals surface area contributed by atoms with E-state index in [1.165, 1.54) is 13.8 Å². The minimum Gasteiger partial charge on any atom is -0.454 e. The predicted molar refractivity (Wildman–Crippen MR) is 66.4 cm³/mol. The molecule has 2 N–H and O–H groups in total. The van der Waals surface area contributed by atoms with Crippen molar-refractivity contribution in [3.05, 3.63) is 23.3 Å². The molecule has 0 atom stereocenters. The summed E-state index contributed by atoms with van der Waals surface area (Å²) in [5.41, 5.74) is 6.06. The zero-order chi connectivity index (χ0) is 13.0. The molecular weight excluding hydrogens is 233 g/mol. The lowest BCUT2D eigenvalue weighted by Crippen LogP contribution is -2.43. The van der Waals surface area contributed by atoms with Crippen LogP contribution < -0.4 is 15.2 Å². The zero-order valence-electron chi connectivity index (χ0n) is 10.8. The van der Waals surface area contributed by atoms with Gasteiger partial charge in [-0.2, -0.15) is 0 Å². The first-order valence-electron chi connectivity index (χ1n) is 6.33. The van der Waals surface area contributed by atoms with Gasteiger partial charge < -0.3 is 15.2 Å². The fourth-order valence-corrected chi connectivity index (χ4v) is 2.55. The molecule has 1 fully saturated rings. The van der Waals surface area contributed by atoms with Crippen molar-refractivity contribution in [2.45, 2.75) is 44.3 Å². The Morgan fingerprint density at radius 1 is 1.28 bits per heavy atom. The number of ether oxygens (including phenoxy) is 2. The monoisotopic (exact) mass is 251 g/mol. The Bertz CT molecular complexity index is 489. The maximum absolute atomic E-state index is 14.1. The molecule has 0 amide bonds. The van der Waals surface area contributed by atoms with Crippen LogP contribution in [0, 0.1) is 0 Å². The molecule has 98 valence electrons. The number of rotatable bonds is 2. The van der Waals surface area contributed by atoms with Gasteiger partial charge in [-0.05, 0) is 50.8 Å². The molecule has 18 heavy (non-hydrogen) atoms. The molecule has 1 aliphatic heterocycles. The molecule has 1 saturated carbocycles. The number of hydrogen-bond donors (Lipinski definition) is 1. The second-order valence-electron chi connectivity index (χ2n) is 5.74. The van der Waals surface area contributed by atoms with Crippen molar-refractivity contribution in [3.8, 4) is 11.5 Å². The minimum atomic E-state index is -1.41. The van der Waals surface area contributed by atoms with E-state index in [0.717, 1.165) is 24.8 Å². The Balaban J connectivity index is 2.15. The molecule has 2 aliphatic rings.